The van der Waals surface area contributed by atoms with Crippen molar-refractivity contribution in [1.82, 2.24) is 10.6 Å². The summed E-state index contributed by atoms with van der Waals surface area (Å²) in [5.74, 6) is -0.0957. The lowest BCUT2D eigenvalue weighted by Crippen LogP contribution is -2.43. The third kappa shape index (κ3) is 9.20. The average Bonchev–Trinajstić information content (AvgIpc) is 2.38. The smallest absolute Gasteiger partial charge is 0.318 e. The predicted molar refractivity (Wildman–Crippen MR) is 66.6 cm³/mol. The van der Waals surface area contributed by atoms with Crippen LogP contribution in [-0.4, -0.2) is 55.7 Å². The molecular formula is C11H24N2O5+2. The van der Waals surface area contributed by atoms with Gasteiger partial charge in [-0.25, -0.2) is 5.26 Å². The van der Waals surface area contributed by atoms with Crippen LogP contribution in [0.1, 0.15) is 19.3 Å². The zero-order chi connectivity index (χ0) is 13.6. The van der Waals surface area contributed by atoms with Gasteiger partial charge in [0.25, 0.3) is 0 Å². The van der Waals surface area contributed by atoms with Gasteiger partial charge in [-0.3, -0.25) is 4.79 Å². The van der Waals surface area contributed by atoms with Gasteiger partial charge in [-0.2, -0.15) is 0 Å². The molecule has 0 spiro atoms. The molecule has 0 rings (SSSR count). The number of amides is 1. The molecule has 1 atom stereocenters. The van der Waals surface area contributed by atoms with E-state index >= 15 is 0 Å². The molecule has 0 aliphatic carbocycles. The lowest BCUT2D eigenvalue weighted by atomic mass is 10.1. The maximum absolute atomic E-state index is 11.7. The summed E-state index contributed by atoms with van der Waals surface area (Å²) in [7, 11) is 1.71. The Hall–Kier alpha value is -0.860. The van der Waals surface area contributed by atoms with E-state index in [0.29, 0.717) is 39.0 Å². The summed E-state index contributed by atoms with van der Waals surface area (Å²) in [6.07, 6.45) is 1.72. The van der Waals surface area contributed by atoms with Gasteiger partial charge >= 0.3 is 6.61 Å². The highest BCUT2D eigenvalue weighted by Crippen LogP contribution is 2.00. The molecule has 0 fully saturated rings. The molecule has 18 heavy (non-hydrogen) atoms. The van der Waals surface area contributed by atoms with E-state index in [2.05, 4.69) is 15.5 Å². The van der Waals surface area contributed by atoms with Crippen molar-refractivity contribution >= 4 is 5.91 Å². The molecule has 0 bridgehead atoms. The lowest BCUT2D eigenvalue weighted by Gasteiger charge is -2.14. The van der Waals surface area contributed by atoms with Gasteiger partial charge in [-0.15, -0.1) is 0 Å². The molecule has 7 nitrogen and oxygen atoms in total. The third-order valence-electron chi connectivity index (χ3n) is 2.31. The van der Waals surface area contributed by atoms with E-state index in [4.69, 9.17) is 15.1 Å². The predicted octanol–water partition coefficient (Wildman–Crippen LogP) is -1.31. The first-order chi connectivity index (χ1) is 8.76. The van der Waals surface area contributed by atoms with Gasteiger partial charge in [0, 0.05) is 26.2 Å². The largest absolute Gasteiger partial charge is 0.396 e. The number of carbonyl (C=O) groups excluding carboxylic acids is 1. The molecule has 1 unspecified atom stereocenters. The number of aliphatic hydroxyl groups is 1. The minimum Gasteiger partial charge on any atom is -0.396 e. The first-order valence-electron chi connectivity index (χ1n) is 6.03. The molecular weight excluding hydrogens is 240 g/mol. The van der Waals surface area contributed by atoms with Crippen LogP contribution in [0.5, 0.6) is 0 Å². The molecule has 0 aliphatic rings. The van der Waals surface area contributed by atoms with Crippen molar-refractivity contribution in [1.29, 1.82) is 0 Å². The van der Waals surface area contributed by atoms with Gasteiger partial charge in [0.2, 0.25) is 5.91 Å². The highest BCUT2D eigenvalue weighted by atomic mass is 17.1. The van der Waals surface area contributed by atoms with Crippen LogP contribution < -0.4 is 10.6 Å². The number of nitrogens with one attached hydrogen (secondary N) is 2. The summed E-state index contributed by atoms with van der Waals surface area (Å²) in [4.78, 5) is 15.8. The fourth-order valence-corrected chi connectivity index (χ4v) is 1.34. The van der Waals surface area contributed by atoms with Gasteiger partial charge in [0.05, 0.1) is 17.5 Å². The second-order valence-corrected chi connectivity index (χ2v) is 3.68. The number of carbonyl (C=O) groups is 1. The standard InChI is InChI=1S/C11H22N2O5/c1-12-10(4-2-8-18-16)11(15)13-5-9-17-7-3-6-14/h8,10,12,14H,2-7,9H2,1H3,(H-,13,15,16)/p+2. The summed E-state index contributed by atoms with van der Waals surface area (Å²) in [6, 6.07) is -0.297. The van der Waals surface area contributed by atoms with Crippen LogP contribution in [0.15, 0.2) is 0 Å². The number of likely N-dealkylation sites (N-methyl/N-ethyl adjacent to an activating group) is 1. The molecule has 0 saturated heterocycles. The maximum Gasteiger partial charge on any atom is 0.318 e. The van der Waals surface area contributed by atoms with E-state index in [-0.39, 0.29) is 18.6 Å². The zero-order valence-corrected chi connectivity index (χ0v) is 10.8. The maximum atomic E-state index is 11.7. The Labute approximate surface area is 107 Å². The van der Waals surface area contributed by atoms with Crippen molar-refractivity contribution in [2.45, 2.75) is 25.3 Å². The van der Waals surface area contributed by atoms with Crippen LogP contribution in [0.25, 0.3) is 0 Å². The number of rotatable bonds is 12. The molecule has 7 heteroatoms. The second kappa shape index (κ2) is 12.6. The fourth-order valence-electron chi connectivity index (χ4n) is 1.34. The molecule has 0 aromatic heterocycles. The van der Waals surface area contributed by atoms with E-state index in [9.17, 15) is 4.79 Å². The van der Waals surface area contributed by atoms with Crippen LogP contribution in [0.4, 0.5) is 0 Å². The summed E-state index contributed by atoms with van der Waals surface area (Å²) >= 11 is 0. The Morgan fingerprint density at radius 3 is 2.89 bits per heavy atom. The van der Waals surface area contributed by atoms with E-state index in [1.54, 1.807) is 7.05 Å². The van der Waals surface area contributed by atoms with Crippen molar-refractivity contribution in [3.05, 3.63) is 6.61 Å². The van der Waals surface area contributed by atoms with Crippen molar-refractivity contribution in [2.75, 3.05) is 33.4 Å². The van der Waals surface area contributed by atoms with E-state index in [0.717, 1.165) is 0 Å². The fraction of sp³-hybridized carbons (Fsp3) is 0.818. The monoisotopic (exact) mass is 264 g/mol. The Bertz CT molecular complexity index is 204. The molecule has 106 valence electrons. The molecule has 0 aliphatic heterocycles. The molecule has 0 saturated carbocycles. The van der Waals surface area contributed by atoms with Gasteiger partial charge in [-0.1, -0.05) is 0 Å². The van der Waals surface area contributed by atoms with Crippen LogP contribution in [0, 0.1) is 6.61 Å². The summed E-state index contributed by atoms with van der Waals surface area (Å²) in [5, 5.41) is 20.7. The molecule has 5 N–H and O–H groups in total. The Morgan fingerprint density at radius 1 is 1.50 bits per heavy atom. The highest BCUT2D eigenvalue weighted by Gasteiger charge is 2.18. The quantitative estimate of drug-likeness (QED) is 0.133. The Kier molecular flexibility index (Phi) is 12.0. The first-order valence-corrected chi connectivity index (χ1v) is 6.03. The number of ether oxygens (including phenoxy) is 1. The molecule has 0 heterocycles. The van der Waals surface area contributed by atoms with Gasteiger partial charge in [0.1, 0.15) is 6.42 Å². The highest BCUT2D eigenvalue weighted by molar-refractivity contribution is 5.81. The van der Waals surface area contributed by atoms with E-state index in [1.165, 1.54) is 6.61 Å². The average molecular weight is 264 g/mol. The summed E-state index contributed by atoms with van der Waals surface area (Å²) in [6.45, 7) is 2.83. The minimum atomic E-state index is -0.297. The topological polar surface area (TPSA) is 103 Å². The second-order valence-electron chi connectivity index (χ2n) is 3.68. The van der Waals surface area contributed by atoms with Crippen molar-refractivity contribution in [2.24, 2.45) is 0 Å². The zero-order valence-electron chi connectivity index (χ0n) is 10.8. The van der Waals surface area contributed by atoms with Gasteiger partial charge in [0.15, 0.2) is 0 Å². The van der Waals surface area contributed by atoms with Crippen molar-refractivity contribution in [3.63, 3.8) is 0 Å². The first kappa shape index (κ1) is 17.1. The van der Waals surface area contributed by atoms with Crippen LogP contribution in [0.3, 0.4) is 0 Å². The van der Waals surface area contributed by atoms with Crippen LogP contribution in [-0.2, 0) is 14.4 Å². The van der Waals surface area contributed by atoms with Crippen LogP contribution in [0.2, 0.25) is 0 Å². The number of hydrogen-bond donors (Lipinski definition) is 3. The van der Waals surface area contributed by atoms with Crippen LogP contribution >= 0.6 is 0 Å². The Morgan fingerprint density at radius 2 is 2.28 bits per heavy atom. The van der Waals surface area contributed by atoms with Crippen molar-refractivity contribution in [3.8, 4) is 0 Å². The molecule has 1 amide bonds. The summed E-state index contributed by atoms with van der Waals surface area (Å²) < 4.78 is 5.19. The van der Waals surface area contributed by atoms with Gasteiger partial charge in [-0.05, 0) is 13.5 Å². The van der Waals surface area contributed by atoms with E-state index < -0.39 is 0 Å². The normalized spacial score (nSPS) is 12.2. The van der Waals surface area contributed by atoms with E-state index in [1.807, 2.05) is 0 Å². The molecule has 0 aromatic carbocycles. The number of aliphatic hydroxyl groups excluding tert-OH is 1. The third-order valence-corrected chi connectivity index (χ3v) is 2.31. The number of hydrogen-bond acceptors (Lipinski definition) is 5. The van der Waals surface area contributed by atoms with Crippen molar-refractivity contribution < 1.29 is 24.8 Å². The lowest BCUT2D eigenvalue weighted by molar-refractivity contribution is -0.212. The summed E-state index contributed by atoms with van der Waals surface area (Å²) in [5.41, 5.74) is 0. The molecule has 0 aromatic rings. The Balaban J connectivity index is 3.57. The van der Waals surface area contributed by atoms with Gasteiger partial charge < -0.3 is 20.5 Å². The SMILES string of the molecule is CNC(CC[CH+]O[OH2+])C(=O)NCCOCCCO. The minimum absolute atomic E-state index is 0.0957. The molecule has 0 radical (unpaired) electrons.